The lowest BCUT2D eigenvalue weighted by Crippen LogP contribution is -2.33. The molecule has 1 aliphatic heterocycles. The molecule has 0 atom stereocenters. The number of nitrogens with one attached hydrogen (secondary N) is 1. The summed E-state index contributed by atoms with van der Waals surface area (Å²) in [6.07, 6.45) is 6.70. The van der Waals surface area contributed by atoms with Gasteiger partial charge >= 0.3 is 0 Å². The molecule has 0 bridgehead atoms. The van der Waals surface area contributed by atoms with Crippen molar-refractivity contribution < 1.29 is 0 Å². The monoisotopic (exact) mass is 317 g/mol. The maximum atomic E-state index is 5.96. The molecule has 2 aromatic rings. The van der Waals surface area contributed by atoms with Crippen LogP contribution in [0.3, 0.4) is 0 Å². The van der Waals surface area contributed by atoms with Crippen molar-refractivity contribution in [1.29, 1.82) is 0 Å². The summed E-state index contributed by atoms with van der Waals surface area (Å²) in [5.74, 6) is 1.97. The van der Waals surface area contributed by atoms with Crippen molar-refractivity contribution in [1.82, 2.24) is 24.6 Å². The Bertz CT molecular complexity index is 643. The number of aromatic nitrogens is 4. The molecule has 3 N–H and O–H groups in total. The summed E-state index contributed by atoms with van der Waals surface area (Å²) >= 11 is 0. The molecule has 0 unspecified atom stereocenters. The molecule has 0 saturated carbocycles. The average Bonchev–Trinajstić information content (AvgIpc) is 2.91. The van der Waals surface area contributed by atoms with Crippen molar-refractivity contribution in [2.24, 2.45) is 13.0 Å². The fraction of sp³-hybridized carbons (Fsp3) is 0.688. The van der Waals surface area contributed by atoms with Crippen LogP contribution in [0.4, 0.5) is 11.8 Å². The number of nitrogen functional groups attached to an aromatic ring is 1. The SMILES string of the molecule is CC1CCN(CCCCNc2nc(N)c3cnn(C)c3n2)CC1. The highest BCUT2D eigenvalue weighted by Gasteiger charge is 2.14. The van der Waals surface area contributed by atoms with Crippen molar-refractivity contribution >= 4 is 22.8 Å². The molecule has 23 heavy (non-hydrogen) atoms. The summed E-state index contributed by atoms with van der Waals surface area (Å²) in [5.41, 5.74) is 6.72. The van der Waals surface area contributed by atoms with Gasteiger partial charge in [0.05, 0.1) is 11.6 Å². The Morgan fingerprint density at radius 2 is 2.04 bits per heavy atom. The Labute approximate surface area is 137 Å². The van der Waals surface area contributed by atoms with E-state index in [1.54, 1.807) is 10.9 Å². The van der Waals surface area contributed by atoms with Crippen molar-refractivity contribution in [2.75, 3.05) is 37.2 Å². The number of anilines is 2. The molecule has 0 spiro atoms. The van der Waals surface area contributed by atoms with Gasteiger partial charge < -0.3 is 16.0 Å². The Morgan fingerprint density at radius 1 is 1.26 bits per heavy atom. The minimum absolute atomic E-state index is 0.480. The molecule has 3 rings (SSSR count). The zero-order chi connectivity index (χ0) is 16.2. The van der Waals surface area contributed by atoms with Gasteiger partial charge in [0, 0.05) is 13.6 Å². The first-order valence-electron chi connectivity index (χ1n) is 8.55. The number of nitrogens with zero attached hydrogens (tertiary/aromatic N) is 5. The van der Waals surface area contributed by atoms with E-state index < -0.39 is 0 Å². The molecule has 126 valence electrons. The van der Waals surface area contributed by atoms with Crippen LogP contribution in [0.2, 0.25) is 0 Å². The van der Waals surface area contributed by atoms with Crippen molar-refractivity contribution in [2.45, 2.75) is 32.6 Å². The Balaban J connectivity index is 1.43. The molecule has 1 saturated heterocycles. The highest BCUT2D eigenvalue weighted by Crippen LogP contribution is 2.18. The van der Waals surface area contributed by atoms with Crippen LogP contribution in [0.25, 0.3) is 11.0 Å². The van der Waals surface area contributed by atoms with E-state index in [0.29, 0.717) is 11.8 Å². The Hall–Kier alpha value is -1.89. The van der Waals surface area contributed by atoms with Gasteiger partial charge in [-0.1, -0.05) is 6.92 Å². The predicted molar refractivity (Wildman–Crippen MR) is 93.3 cm³/mol. The summed E-state index contributed by atoms with van der Waals surface area (Å²) < 4.78 is 1.72. The molecule has 1 aliphatic rings. The molecule has 0 radical (unpaired) electrons. The van der Waals surface area contributed by atoms with E-state index in [4.69, 9.17) is 5.73 Å². The number of hydrogen-bond acceptors (Lipinski definition) is 6. The van der Waals surface area contributed by atoms with Gasteiger partial charge in [-0.2, -0.15) is 15.1 Å². The van der Waals surface area contributed by atoms with Crippen molar-refractivity contribution in [3.05, 3.63) is 6.20 Å². The molecular formula is C16H27N7. The zero-order valence-electron chi connectivity index (χ0n) is 14.1. The van der Waals surface area contributed by atoms with Crippen LogP contribution in [0, 0.1) is 5.92 Å². The zero-order valence-corrected chi connectivity index (χ0v) is 14.1. The van der Waals surface area contributed by atoms with E-state index >= 15 is 0 Å². The smallest absolute Gasteiger partial charge is 0.226 e. The summed E-state index contributed by atoms with van der Waals surface area (Å²) in [6, 6.07) is 0. The quantitative estimate of drug-likeness (QED) is 0.791. The summed E-state index contributed by atoms with van der Waals surface area (Å²) in [7, 11) is 1.86. The topological polar surface area (TPSA) is 84.9 Å². The van der Waals surface area contributed by atoms with E-state index in [1.807, 2.05) is 7.05 Å². The van der Waals surface area contributed by atoms with Gasteiger partial charge in [0.25, 0.3) is 0 Å². The molecule has 3 heterocycles. The van der Waals surface area contributed by atoms with Gasteiger partial charge in [-0.25, -0.2) is 0 Å². The van der Waals surface area contributed by atoms with Crippen LogP contribution in [-0.4, -0.2) is 50.8 Å². The van der Waals surface area contributed by atoms with Crippen LogP contribution in [0.1, 0.15) is 32.6 Å². The van der Waals surface area contributed by atoms with E-state index in [0.717, 1.165) is 29.9 Å². The van der Waals surface area contributed by atoms with E-state index in [9.17, 15) is 0 Å². The maximum absolute atomic E-state index is 5.96. The standard InChI is InChI=1S/C16H27N7/c1-12-5-9-23(10-6-12)8-4-3-7-18-16-20-14(17)13-11-19-22(2)15(13)21-16/h11-12H,3-10H2,1-2H3,(H3,17,18,20,21). The number of unbranched alkanes of at least 4 members (excludes halogenated alkanes) is 1. The van der Waals surface area contributed by atoms with E-state index in [2.05, 4.69) is 32.2 Å². The third kappa shape index (κ3) is 3.90. The molecule has 0 amide bonds. The summed E-state index contributed by atoms with van der Waals surface area (Å²) in [4.78, 5) is 11.4. The van der Waals surface area contributed by atoms with Crippen molar-refractivity contribution in [3.8, 4) is 0 Å². The van der Waals surface area contributed by atoms with E-state index in [1.165, 1.54) is 38.9 Å². The Kier molecular flexibility index (Phi) is 4.95. The van der Waals surface area contributed by atoms with Gasteiger partial charge in [0.2, 0.25) is 5.95 Å². The van der Waals surface area contributed by atoms with Crippen LogP contribution in [0.5, 0.6) is 0 Å². The molecule has 7 heteroatoms. The molecule has 2 aromatic heterocycles. The highest BCUT2D eigenvalue weighted by atomic mass is 15.3. The molecular weight excluding hydrogens is 290 g/mol. The lowest BCUT2D eigenvalue weighted by Gasteiger charge is -2.30. The largest absolute Gasteiger partial charge is 0.383 e. The third-order valence-corrected chi connectivity index (χ3v) is 4.68. The Morgan fingerprint density at radius 3 is 2.83 bits per heavy atom. The van der Waals surface area contributed by atoms with Crippen LogP contribution >= 0.6 is 0 Å². The lowest BCUT2D eigenvalue weighted by molar-refractivity contribution is 0.190. The number of piperidine rings is 1. The van der Waals surface area contributed by atoms with E-state index in [-0.39, 0.29) is 0 Å². The molecule has 7 nitrogen and oxygen atoms in total. The second-order valence-electron chi connectivity index (χ2n) is 6.60. The third-order valence-electron chi connectivity index (χ3n) is 4.68. The first-order chi connectivity index (χ1) is 11.1. The van der Waals surface area contributed by atoms with Crippen LogP contribution in [0.15, 0.2) is 6.20 Å². The number of aryl methyl sites for hydroxylation is 1. The van der Waals surface area contributed by atoms with Gasteiger partial charge in [-0.15, -0.1) is 0 Å². The van der Waals surface area contributed by atoms with Gasteiger partial charge in [-0.3, -0.25) is 4.68 Å². The summed E-state index contributed by atoms with van der Waals surface area (Å²) in [6.45, 7) is 6.92. The summed E-state index contributed by atoms with van der Waals surface area (Å²) in [5, 5.41) is 8.25. The number of nitrogens with two attached hydrogens (primary N) is 1. The van der Waals surface area contributed by atoms with Gasteiger partial charge in [0.1, 0.15) is 5.82 Å². The van der Waals surface area contributed by atoms with Crippen molar-refractivity contribution in [3.63, 3.8) is 0 Å². The van der Waals surface area contributed by atoms with Crippen LogP contribution < -0.4 is 11.1 Å². The fourth-order valence-electron chi connectivity index (χ4n) is 3.07. The van der Waals surface area contributed by atoms with Gasteiger partial charge in [0.15, 0.2) is 5.65 Å². The molecule has 1 fully saturated rings. The molecule has 0 aliphatic carbocycles. The normalized spacial score (nSPS) is 17.0. The predicted octanol–water partition coefficient (Wildman–Crippen LogP) is 1.87. The van der Waals surface area contributed by atoms with Crippen LogP contribution in [-0.2, 0) is 7.05 Å². The fourth-order valence-corrected chi connectivity index (χ4v) is 3.07. The van der Waals surface area contributed by atoms with Gasteiger partial charge in [-0.05, 0) is 51.2 Å². The number of fused-ring (bicyclic) bond motifs is 1. The number of hydrogen-bond donors (Lipinski definition) is 2. The first kappa shape index (κ1) is 16.0. The minimum atomic E-state index is 0.480. The maximum Gasteiger partial charge on any atom is 0.226 e. The second-order valence-corrected chi connectivity index (χ2v) is 6.60. The second kappa shape index (κ2) is 7.12. The molecule has 0 aromatic carbocycles. The number of likely N-dealkylation sites (tertiary alicyclic amines) is 1. The number of rotatable bonds is 6. The first-order valence-corrected chi connectivity index (χ1v) is 8.55. The lowest BCUT2D eigenvalue weighted by atomic mass is 9.99. The highest BCUT2D eigenvalue weighted by molar-refractivity contribution is 5.86. The minimum Gasteiger partial charge on any atom is -0.383 e. The average molecular weight is 317 g/mol.